The van der Waals surface area contributed by atoms with E-state index >= 15 is 0 Å². The summed E-state index contributed by atoms with van der Waals surface area (Å²) < 4.78 is 33.3. The van der Waals surface area contributed by atoms with Crippen LogP contribution in [0.15, 0.2) is 24.5 Å². The van der Waals surface area contributed by atoms with Gasteiger partial charge in [-0.3, -0.25) is 9.59 Å². The summed E-state index contributed by atoms with van der Waals surface area (Å²) in [6, 6.07) is 2.82. The Morgan fingerprint density at radius 2 is 2.14 bits per heavy atom. The normalized spacial score (nSPS) is 22.8. The molecule has 37 heavy (non-hydrogen) atoms. The number of carbonyl (C=O) groups excluding carboxylic acids is 2. The number of aromatic nitrogens is 2. The minimum atomic E-state index is -1.03. The molecule has 1 spiro atoms. The summed E-state index contributed by atoms with van der Waals surface area (Å²) in [6.45, 7) is 5.81. The van der Waals surface area contributed by atoms with Gasteiger partial charge in [-0.2, -0.15) is 9.97 Å². The zero-order chi connectivity index (χ0) is 26.5. The van der Waals surface area contributed by atoms with Crippen LogP contribution in [0.2, 0.25) is 0 Å². The van der Waals surface area contributed by atoms with Crippen molar-refractivity contribution in [2.75, 3.05) is 43.5 Å². The summed E-state index contributed by atoms with van der Waals surface area (Å²) in [5, 5.41) is 3.06. The monoisotopic (exact) mass is 512 g/mol. The van der Waals surface area contributed by atoms with Crippen molar-refractivity contribution in [3.8, 4) is 6.01 Å². The van der Waals surface area contributed by atoms with Gasteiger partial charge in [-0.25, -0.2) is 8.78 Å². The average molecular weight is 513 g/mol. The van der Waals surface area contributed by atoms with Crippen LogP contribution in [0.3, 0.4) is 0 Å². The number of anilines is 2. The molecule has 1 aromatic carbocycles. The molecule has 2 atom stereocenters. The van der Waals surface area contributed by atoms with E-state index in [-0.39, 0.29) is 37.4 Å². The van der Waals surface area contributed by atoms with E-state index in [9.17, 15) is 18.4 Å². The number of ether oxygens (including phenoxy) is 1. The van der Waals surface area contributed by atoms with Gasteiger partial charge in [0, 0.05) is 32.6 Å². The number of nitrogens with one attached hydrogen (secondary N) is 1. The Hall–Kier alpha value is -3.60. The highest BCUT2D eigenvalue weighted by atomic mass is 19.1. The van der Waals surface area contributed by atoms with E-state index in [1.807, 2.05) is 4.90 Å². The average Bonchev–Trinajstić information content (AvgIpc) is 2.90. The first-order valence-corrected chi connectivity index (χ1v) is 12.4. The molecule has 5 rings (SSSR count). The second-order valence-electron chi connectivity index (χ2n) is 9.86. The summed E-state index contributed by atoms with van der Waals surface area (Å²) in [7, 11) is 1.47. The largest absolute Gasteiger partial charge is 0.467 e. The number of halogens is 2. The zero-order valence-electron chi connectivity index (χ0n) is 20.9. The van der Waals surface area contributed by atoms with Crippen LogP contribution in [0.4, 0.5) is 20.3 Å². The molecule has 0 radical (unpaired) electrons. The molecule has 0 saturated carbocycles. The molecule has 0 bridgehead atoms. The standard InChI is InChI=1S/C26H30F2N6O3/c1-14-17-5-4-8-26(18(17)6-7-19(14)28)11-20-21(31-24(26)36)22(32-25(30-20)37-3)33-9-10-34(16(12-29)13-33)23(35)15(2)27/h6-7,16H,2,4-5,8-13,29H2,1,3H3,(H,31,36). The topological polar surface area (TPSA) is 114 Å². The highest BCUT2D eigenvalue weighted by Crippen LogP contribution is 2.47. The molecule has 2 aromatic rings. The van der Waals surface area contributed by atoms with Crippen molar-refractivity contribution < 1.29 is 23.1 Å². The van der Waals surface area contributed by atoms with Gasteiger partial charge in [0.15, 0.2) is 11.6 Å². The van der Waals surface area contributed by atoms with Crippen molar-refractivity contribution >= 4 is 23.3 Å². The molecule has 9 nitrogen and oxygen atoms in total. The summed E-state index contributed by atoms with van der Waals surface area (Å²) in [5.41, 5.74) is 8.44. The lowest BCUT2D eigenvalue weighted by molar-refractivity contribution is -0.131. The molecule has 3 aliphatic rings. The van der Waals surface area contributed by atoms with Crippen LogP contribution >= 0.6 is 0 Å². The first-order chi connectivity index (χ1) is 17.7. The van der Waals surface area contributed by atoms with E-state index < -0.39 is 23.2 Å². The number of carbonyl (C=O) groups is 2. The first kappa shape index (κ1) is 25.1. The lowest BCUT2D eigenvalue weighted by Crippen LogP contribution is -2.58. The van der Waals surface area contributed by atoms with Crippen LogP contribution in [0.25, 0.3) is 0 Å². The lowest BCUT2D eigenvalue weighted by Gasteiger charge is -2.44. The van der Waals surface area contributed by atoms with E-state index in [0.29, 0.717) is 48.6 Å². The van der Waals surface area contributed by atoms with Gasteiger partial charge in [0.2, 0.25) is 5.91 Å². The van der Waals surface area contributed by atoms with Crippen molar-refractivity contribution in [1.29, 1.82) is 0 Å². The number of nitrogens with zero attached hydrogens (tertiary/aromatic N) is 4. The van der Waals surface area contributed by atoms with Gasteiger partial charge in [-0.1, -0.05) is 12.6 Å². The van der Waals surface area contributed by atoms with Gasteiger partial charge in [0.25, 0.3) is 5.91 Å². The minimum Gasteiger partial charge on any atom is -0.467 e. The van der Waals surface area contributed by atoms with Crippen molar-refractivity contribution in [2.45, 2.75) is 44.1 Å². The maximum Gasteiger partial charge on any atom is 0.318 e. The number of fused-ring (bicyclic) bond motifs is 3. The fraction of sp³-hybridized carbons (Fsp3) is 0.462. The molecule has 1 aromatic heterocycles. The Morgan fingerprint density at radius 3 is 2.84 bits per heavy atom. The second-order valence-corrected chi connectivity index (χ2v) is 9.86. The number of nitrogens with two attached hydrogens (primary N) is 1. The maximum atomic E-state index is 14.3. The second kappa shape index (κ2) is 9.37. The highest BCUT2D eigenvalue weighted by molar-refractivity contribution is 6.04. The third kappa shape index (κ3) is 4.01. The Kier molecular flexibility index (Phi) is 6.35. The first-order valence-electron chi connectivity index (χ1n) is 12.4. The third-order valence-corrected chi connectivity index (χ3v) is 7.89. The molecule has 11 heteroatoms. The van der Waals surface area contributed by atoms with Gasteiger partial charge < -0.3 is 25.6 Å². The molecule has 1 saturated heterocycles. The summed E-state index contributed by atoms with van der Waals surface area (Å²) in [4.78, 5) is 38.4. The summed E-state index contributed by atoms with van der Waals surface area (Å²) in [6.07, 6.45) is 2.40. The van der Waals surface area contributed by atoms with E-state index in [2.05, 4.69) is 21.9 Å². The van der Waals surface area contributed by atoms with Gasteiger partial charge in [-0.15, -0.1) is 0 Å². The van der Waals surface area contributed by atoms with Crippen LogP contribution in [-0.2, 0) is 27.8 Å². The van der Waals surface area contributed by atoms with Crippen LogP contribution in [0.5, 0.6) is 6.01 Å². The third-order valence-electron chi connectivity index (χ3n) is 7.89. The fourth-order valence-corrected chi connectivity index (χ4v) is 5.94. The van der Waals surface area contributed by atoms with E-state index in [1.165, 1.54) is 18.1 Å². The molecule has 196 valence electrons. The predicted molar refractivity (Wildman–Crippen MR) is 134 cm³/mol. The fourth-order valence-electron chi connectivity index (χ4n) is 5.94. The molecule has 1 fully saturated rings. The Balaban J connectivity index is 1.54. The molecule has 2 amide bonds. The number of rotatable bonds is 4. The van der Waals surface area contributed by atoms with Crippen LogP contribution in [-0.4, -0.2) is 66.0 Å². The van der Waals surface area contributed by atoms with Crippen molar-refractivity contribution in [1.82, 2.24) is 14.9 Å². The number of hydrogen-bond acceptors (Lipinski definition) is 7. The zero-order valence-corrected chi connectivity index (χ0v) is 20.9. The molecule has 3 heterocycles. The molecular formula is C26H30F2N6O3. The quantitative estimate of drug-likeness (QED) is 0.604. The smallest absolute Gasteiger partial charge is 0.318 e. The number of hydrogen-bond donors (Lipinski definition) is 2. The molecular weight excluding hydrogens is 482 g/mol. The van der Waals surface area contributed by atoms with Gasteiger partial charge in [0.05, 0.1) is 24.3 Å². The highest BCUT2D eigenvalue weighted by Gasteiger charge is 2.48. The van der Waals surface area contributed by atoms with Gasteiger partial charge in [0.1, 0.15) is 11.5 Å². The van der Waals surface area contributed by atoms with Crippen molar-refractivity contribution in [2.24, 2.45) is 5.73 Å². The lowest BCUT2D eigenvalue weighted by atomic mass is 9.64. The Morgan fingerprint density at radius 1 is 1.35 bits per heavy atom. The van der Waals surface area contributed by atoms with Crippen molar-refractivity contribution in [3.63, 3.8) is 0 Å². The number of benzene rings is 1. The molecule has 2 unspecified atom stereocenters. The number of amides is 2. The molecule has 2 aliphatic heterocycles. The van der Waals surface area contributed by atoms with E-state index in [0.717, 1.165) is 17.5 Å². The van der Waals surface area contributed by atoms with Gasteiger partial charge >= 0.3 is 6.01 Å². The Labute approximate surface area is 213 Å². The molecule has 1 aliphatic carbocycles. The summed E-state index contributed by atoms with van der Waals surface area (Å²) >= 11 is 0. The number of piperazine rings is 1. The molecule has 3 N–H and O–H groups in total. The predicted octanol–water partition coefficient (Wildman–Crippen LogP) is 2.16. The summed E-state index contributed by atoms with van der Waals surface area (Å²) in [5.74, 6) is -1.81. The minimum absolute atomic E-state index is 0.113. The SMILES string of the molecule is C=C(F)C(=O)N1CCN(c2nc(OC)nc3c2NC(=O)C2(CCCc4c2ccc(F)c4C)C3)CC1CN. The maximum absolute atomic E-state index is 14.3. The van der Waals surface area contributed by atoms with Crippen LogP contribution < -0.4 is 20.7 Å². The van der Waals surface area contributed by atoms with Crippen LogP contribution in [0.1, 0.15) is 35.2 Å². The van der Waals surface area contributed by atoms with E-state index in [1.54, 1.807) is 13.0 Å². The van der Waals surface area contributed by atoms with Gasteiger partial charge in [-0.05, 0) is 48.9 Å². The number of methoxy groups -OCH3 is 1. The van der Waals surface area contributed by atoms with E-state index in [4.69, 9.17) is 10.5 Å². The van der Waals surface area contributed by atoms with Crippen molar-refractivity contribution in [3.05, 3.63) is 52.7 Å². The Bertz CT molecular complexity index is 1300. The van der Waals surface area contributed by atoms with Crippen LogP contribution in [0, 0.1) is 12.7 Å².